The Morgan fingerprint density at radius 1 is 0.931 bits per heavy atom. The molecule has 3 aromatic rings. The molecule has 4 rings (SSSR count). The topological polar surface area (TPSA) is 66.5 Å². The van der Waals surface area contributed by atoms with Crippen LogP contribution in [0.2, 0.25) is 0 Å². The van der Waals surface area contributed by atoms with E-state index in [1.165, 1.54) is 4.90 Å². The fraction of sp³-hybridized carbons (Fsp3) is 0.0870. The van der Waals surface area contributed by atoms with E-state index in [4.69, 9.17) is 0 Å². The number of benzene rings is 3. The molecule has 0 unspecified atom stereocenters. The van der Waals surface area contributed by atoms with Gasteiger partial charge in [-0.15, -0.1) is 0 Å². The molecule has 5 nitrogen and oxygen atoms in total. The quantitative estimate of drug-likeness (QED) is 0.423. The second kappa shape index (κ2) is 7.79. The average molecular weight is 496 g/mol. The number of nitrogens with zero attached hydrogens (tertiary/aromatic N) is 1. The van der Waals surface area contributed by atoms with E-state index in [1.807, 2.05) is 25.1 Å². The van der Waals surface area contributed by atoms with Gasteiger partial charge in [0.05, 0.1) is 17.7 Å². The highest BCUT2D eigenvalue weighted by Crippen LogP contribution is 2.25. The van der Waals surface area contributed by atoms with Crippen LogP contribution in [0.3, 0.4) is 0 Å². The number of carbonyl (C=O) groups is 3. The van der Waals surface area contributed by atoms with Gasteiger partial charge in [0.25, 0.3) is 17.7 Å². The Balaban J connectivity index is 1.53. The minimum Gasteiger partial charge on any atom is -0.322 e. The summed E-state index contributed by atoms with van der Waals surface area (Å²) >= 11 is 2.23. The molecular formula is C23H17IN2O3. The molecule has 29 heavy (non-hydrogen) atoms. The number of fused-ring (bicyclic) bond motifs is 1. The molecule has 1 aliphatic heterocycles. The van der Waals surface area contributed by atoms with Crippen molar-refractivity contribution in [2.24, 2.45) is 0 Å². The molecule has 0 radical (unpaired) electrons. The molecule has 0 fully saturated rings. The Labute approximate surface area is 181 Å². The normalized spacial score (nSPS) is 12.8. The van der Waals surface area contributed by atoms with Crippen LogP contribution in [-0.4, -0.2) is 22.6 Å². The molecule has 0 saturated carbocycles. The van der Waals surface area contributed by atoms with Crippen molar-refractivity contribution in [3.63, 3.8) is 0 Å². The number of hydrogen-bond donors (Lipinski definition) is 1. The summed E-state index contributed by atoms with van der Waals surface area (Å²) in [6.07, 6.45) is 0. The number of rotatable bonds is 4. The first-order valence-electron chi connectivity index (χ1n) is 9.06. The Morgan fingerprint density at radius 2 is 1.62 bits per heavy atom. The minimum atomic E-state index is -0.310. The highest BCUT2D eigenvalue weighted by molar-refractivity contribution is 14.1. The average Bonchev–Trinajstić information content (AvgIpc) is 2.95. The zero-order valence-electron chi connectivity index (χ0n) is 15.6. The first-order chi connectivity index (χ1) is 13.9. The van der Waals surface area contributed by atoms with Gasteiger partial charge in [0.15, 0.2) is 0 Å². The number of imide groups is 1. The molecule has 0 atom stereocenters. The van der Waals surface area contributed by atoms with Gasteiger partial charge in [-0.05, 0) is 83.1 Å². The van der Waals surface area contributed by atoms with Gasteiger partial charge in [-0.25, -0.2) is 0 Å². The van der Waals surface area contributed by atoms with E-state index in [0.29, 0.717) is 22.3 Å². The predicted molar refractivity (Wildman–Crippen MR) is 119 cm³/mol. The Bertz CT molecular complexity index is 1120. The molecule has 3 amide bonds. The third-order valence-corrected chi connectivity index (χ3v) is 5.52. The number of anilines is 1. The smallest absolute Gasteiger partial charge is 0.261 e. The maximum absolute atomic E-state index is 12.7. The number of halogens is 1. The Morgan fingerprint density at radius 3 is 2.28 bits per heavy atom. The lowest BCUT2D eigenvalue weighted by atomic mass is 10.1. The summed E-state index contributed by atoms with van der Waals surface area (Å²) in [5.41, 5.74) is 3.75. The van der Waals surface area contributed by atoms with E-state index in [2.05, 4.69) is 27.9 Å². The highest BCUT2D eigenvalue weighted by atomic mass is 127. The second-order valence-electron chi connectivity index (χ2n) is 6.86. The summed E-state index contributed by atoms with van der Waals surface area (Å²) in [5.74, 6) is -0.858. The molecule has 6 heteroatoms. The number of amides is 3. The van der Waals surface area contributed by atoms with E-state index in [0.717, 1.165) is 14.8 Å². The van der Waals surface area contributed by atoms with E-state index < -0.39 is 0 Å². The highest BCUT2D eigenvalue weighted by Gasteiger charge is 2.34. The van der Waals surface area contributed by atoms with Crippen LogP contribution >= 0.6 is 22.6 Å². The van der Waals surface area contributed by atoms with Crippen molar-refractivity contribution in [1.82, 2.24) is 4.90 Å². The monoisotopic (exact) mass is 496 g/mol. The van der Waals surface area contributed by atoms with Crippen LogP contribution in [-0.2, 0) is 6.54 Å². The van der Waals surface area contributed by atoms with Crippen molar-refractivity contribution in [3.8, 4) is 0 Å². The van der Waals surface area contributed by atoms with Crippen LogP contribution in [0, 0.1) is 10.5 Å². The Hall–Kier alpha value is -3.00. The van der Waals surface area contributed by atoms with E-state index in [9.17, 15) is 14.4 Å². The van der Waals surface area contributed by atoms with Crippen LogP contribution in [0.5, 0.6) is 0 Å². The maximum Gasteiger partial charge on any atom is 0.261 e. The molecule has 1 heterocycles. The summed E-state index contributed by atoms with van der Waals surface area (Å²) in [5, 5.41) is 2.92. The minimum absolute atomic E-state index is 0.121. The van der Waals surface area contributed by atoms with Gasteiger partial charge < -0.3 is 5.32 Å². The summed E-state index contributed by atoms with van der Waals surface area (Å²) < 4.78 is 1.10. The summed E-state index contributed by atoms with van der Waals surface area (Å²) in [4.78, 5) is 39.0. The number of carbonyl (C=O) groups excluding carboxylic acids is 3. The lowest BCUT2D eigenvalue weighted by Gasteiger charge is -2.15. The molecular weight excluding hydrogens is 479 g/mol. The van der Waals surface area contributed by atoms with E-state index in [-0.39, 0.29) is 24.3 Å². The van der Waals surface area contributed by atoms with Crippen LogP contribution in [0.15, 0.2) is 66.7 Å². The van der Waals surface area contributed by atoms with Crippen molar-refractivity contribution in [1.29, 1.82) is 0 Å². The first-order valence-corrected chi connectivity index (χ1v) is 10.1. The summed E-state index contributed by atoms with van der Waals surface area (Å²) in [7, 11) is 0. The molecule has 144 valence electrons. The zero-order valence-corrected chi connectivity index (χ0v) is 17.8. The molecule has 1 N–H and O–H groups in total. The first kappa shape index (κ1) is 19.3. The van der Waals surface area contributed by atoms with Gasteiger partial charge in [0, 0.05) is 14.8 Å². The third-order valence-electron chi connectivity index (χ3n) is 4.84. The molecule has 0 aromatic heterocycles. The van der Waals surface area contributed by atoms with Crippen LogP contribution in [0.25, 0.3) is 0 Å². The Kier molecular flexibility index (Phi) is 5.19. The van der Waals surface area contributed by atoms with Gasteiger partial charge in [-0.3, -0.25) is 19.3 Å². The lowest BCUT2D eigenvalue weighted by molar-refractivity contribution is 0.0642. The second-order valence-corrected chi connectivity index (χ2v) is 8.10. The van der Waals surface area contributed by atoms with Gasteiger partial charge in [0.1, 0.15) is 0 Å². The molecule has 0 aliphatic carbocycles. The molecule has 0 saturated heterocycles. The fourth-order valence-corrected chi connectivity index (χ4v) is 3.98. The largest absolute Gasteiger partial charge is 0.322 e. The molecule has 0 bridgehead atoms. The van der Waals surface area contributed by atoms with Crippen molar-refractivity contribution < 1.29 is 14.4 Å². The number of aryl methyl sites for hydroxylation is 1. The van der Waals surface area contributed by atoms with Crippen LogP contribution in [0.1, 0.15) is 42.2 Å². The van der Waals surface area contributed by atoms with Crippen molar-refractivity contribution in [2.75, 3.05) is 5.32 Å². The standard InChI is InChI=1S/C23H17IN2O3/c1-14-11-17(24)9-10-20(14)25-21(27)16-6-4-5-15(12-16)13-26-22(28)18-7-2-3-8-19(18)23(26)29/h2-12H,13H2,1H3,(H,25,27). The van der Waals surface area contributed by atoms with Crippen molar-refractivity contribution in [2.45, 2.75) is 13.5 Å². The number of hydrogen-bond acceptors (Lipinski definition) is 3. The van der Waals surface area contributed by atoms with Gasteiger partial charge in [-0.2, -0.15) is 0 Å². The number of nitrogens with one attached hydrogen (secondary N) is 1. The maximum atomic E-state index is 12.7. The fourth-order valence-electron chi connectivity index (χ4n) is 3.34. The van der Waals surface area contributed by atoms with E-state index >= 15 is 0 Å². The third kappa shape index (κ3) is 3.80. The lowest BCUT2D eigenvalue weighted by Crippen LogP contribution is -2.29. The van der Waals surface area contributed by atoms with Crippen LogP contribution < -0.4 is 5.32 Å². The van der Waals surface area contributed by atoms with E-state index in [1.54, 1.807) is 48.5 Å². The predicted octanol–water partition coefficient (Wildman–Crippen LogP) is 4.65. The molecule has 1 aliphatic rings. The molecule has 0 spiro atoms. The van der Waals surface area contributed by atoms with Crippen LogP contribution in [0.4, 0.5) is 5.69 Å². The van der Waals surface area contributed by atoms with Crippen molar-refractivity contribution >= 4 is 46.0 Å². The molecule has 3 aromatic carbocycles. The summed E-state index contributed by atoms with van der Waals surface area (Å²) in [6.45, 7) is 2.06. The summed E-state index contributed by atoms with van der Waals surface area (Å²) in [6, 6.07) is 19.6. The van der Waals surface area contributed by atoms with Gasteiger partial charge in [-0.1, -0.05) is 24.3 Å². The van der Waals surface area contributed by atoms with Gasteiger partial charge >= 0.3 is 0 Å². The van der Waals surface area contributed by atoms with Gasteiger partial charge in [0.2, 0.25) is 0 Å². The zero-order chi connectivity index (χ0) is 20.5. The van der Waals surface area contributed by atoms with Crippen molar-refractivity contribution in [3.05, 3.63) is 98.1 Å². The SMILES string of the molecule is Cc1cc(I)ccc1NC(=O)c1cccc(CN2C(=O)c3ccccc3C2=O)c1.